The molecule has 1 aliphatic carbocycles. The standard InChI is InChI=1S/C22H22BrNO3S2/c23-16-8-4-9-17(12-16)27-21(20(26-14-25)15-6-2-1-3-7-15)22-19(24-13-29-22)18-10-5-11-28-18/h1-3,5-7,10-11,13-14,16-17,20-21H,4,8-9,12H2. The van der Waals surface area contributed by atoms with Crippen molar-refractivity contribution in [3.8, 4) is 10.6 Å². The van der Waals surface area contributed by atoms with Gasteiger partial charge < -0.3 is 9.47 Å². The zero-order chi connectivity index (χ0) is 20.1. The van der Waals surface area contributed by atoms with Crippen LogP contribution in [0.3, 0.4) is 0 Å². The van der Waals surface area contributed by atoms with Crippen LogP contribution in [0.25, 0.3) is 10.6 Å². The van der Waals surface area contributed by atoms with Crippen LogP contribution in [0.1, 0.15) is 48.3 Å². The molecule has 0 radical (unpaired) electrons. The number of thiazole rings is 1. The van der Waals surface area contributed by atoms with Crippen LogP contribution in [-0.4, -0.2) is 22.4 Å². The van der Waals surface area contributed by atoms with E-state index in [0.29, 0.717) is 11.3 Å². The number of ether oxygens (including phenoxy) is 2. The van der Waals surface area contributed by atoms with Crippen LogP contribution in [0.2, 0.25) is 0 Å². The van der Waals surface area contributed by atoms with Crippen LogP contribution in [0.15, 0.2) is 53.4 Å². The van der Waals surface area contributed by atoms with E-state index in [1.54, 1.807) is 22.7 Å². The molecule has 1 fully saturated rings. The number of hydrogen-bond donors (Lipinski definition) is 0. The molecule has 3 aromatic rings. The third kappa shape index (κ3) is 4.97. The first kappa shape index (κ1) is 20.7. The highest BCUT2D eigenvalue weighted by Gasteiger charge is 2.35. The van der Waals surface area contributed by atoms with E-state index >= 15 is 0 Å². The maximum Gasteiger partial charge on any atom is 0.293 e. The van der Waals surface area contributed by atoms with Gasteiger partial charge in [0.1, 0.15) is 6.10 Å². The molecule has 1 aliphatic rings. The third-order valence-corrected chi connectivity index (χ3v) is 7.71. The molecule has 2 heterocycles. The van der Waals surface area contributed by atoms with Crippen molar-refractivity contribution in [1.82, 2.24) is 4.98 Å². The molecule has 0 N–H and O–H groups in total. The predicted octanol–water partition coefficient (Wildman–Crippen LogP) is 6.55. The number of hydrogen-bond acceptors (Lipinski definition) is 6. The molecule has 4 atom stereocenters. The first-order valence-electron chi connectivity index (χ1n) is 9.67. The van der Waals surface area contributed by atoms with Gasteiger partial charge >= 0.3 is 0 Å². The van der Waals surface area contributed by atoms with Crippen LogP contribution in [0.5, 0.6) is 0 Å². The number of nitrogens with zero attached hydrogens (tertiary/aromatic N) is 1. The number of carbonyl (C=O) groups is 1. The van der Waals surface area contributed by atoms with Gasteiger partial charge in [-0.25, -0.2) is 4.98 Å². The Morgan fingerprint density at radius 1 is 1.10 bits per heavy atom. The second-order valence-electron chi connectivity index (χ2n) is 7.05. The van der Waals surface area contributed by atoms with Gasteiger partial charge in [-0.1, -0.05) is 52.3 Å². The number of halogens is 1. The van der Waals surface area contributed by atoms with Crippen LogP contribution in [0, 0.1) is 0 Å². The summed E-state index contributed by atoms with van der Waals surface area (Å²) in [6.45, 7) is 0.522. The smallest absolute Gasteiger partial charge is 0.293 e. The molecule has 4 rings (SSSR count). The average molecular weight is 492 g/mol. The Kier molecular flexibility index (Phi) is 7.13. The minimum Gasteiger partial charge on any atom is -0.456 e. The Morgan fingerprint density at radius 3 is 2.69 bits per heavy atom. The Balaban J connectivity index is 1.73. The highest BCUT2D eigenvalue weighted by Crippen LogP contribution is 2.44. The zero-order valence-electron chi connectivity index (χ0n) is 15.8. The molecule has 1 saturated carbocycles. The molecule has 7 heteroatoms. The summed E-state index contributed by atoms with van der Waals surface area (Å²) >= 11 is 6.96. The zero-order valence-corrected chi connectivity index (χ0v) is 19.0. The Hall–Kier alpha value is -1.54. The number of thiophene rings is 1. The summed E-state index contributed by atoms with van der Waals surface area (Å²) < 4.78 is 12.3. The van der Waals surface area contributed by atoms with Gasteiger partial charge in [-0.3, -0.25) is 4.79 Å². The minimum atomic E-state index is -0.524. The summed E-state index contributed by atoms with van der Waals surface area (Å²) in [6, 6.07) is 13.9. The topological polar surface area (TPSA) is 48.4 Å². The summed E-state index contributed by atoms with van der Waals surface area (Å²) in [5, 5.41) is 2.04. The van der Waals surface area contributed by atoms with Crippen molar-refractivity contribution in [2.75, 3.05) is 0 Å². The van der Waals surface area contributed by atoms with Gasteiger partial charge in [-0.2, -0.15) is 0 Å². The summed E-state index contributed by atoms with van der Waals surface area (Å²) in [5.41, 5.74) is 3.68. The summed E-state index contributed by atoms with van der Waals surface area (Å²) in [6.07, 6.45) is 3.42. The molecular weight excluding hydrogens is 470 g/mol. The fourth-order valence-electron chi connectivity index (χ4n) is 3.77. The fraction of sp³-hybridized carbons (Fsp3) is 0.364. The van der Waals surface area contributed by atoms with Crippen LogP contribution < -0.4 is 0 Å². The van der Waals surface area contributed by atoms with Crippen molar-refractivity contribution in [2.24, 2.45) is 0 Å². The lowest BCUT2D eigenvalue weighted by Crippen LogP contribution is -2.28. The highest BCUT2D eigenvalue weighted by atomic mass is 79.9. The van der Waals surface area contributed by atoms with E-state index in [1.807, 2.05) is 47.3 Å². The molecule has 0 bridgehead atoms. The van der Waals surface area contributed by atoms with E-state index in [-0.39, 0.29) is 6.10 Å². The number of aromatic nitrogens is 1. The maximum atomic E-state index is 11.4. The highest BCUT2D eigenvalue weighted by molar-refractivity contribution is 9.09. The van der Waals surface area contributed by atoms with Crippen LogP contribution >= 0.6 is 38.6 Å². The van der Waals surface area contributed by atoms with Crippen LogP contribution in [0.4, 0.5) is 0 Å². The van der Waals surface area contributed by atoms with E-state index in [0.717, 1.165) is 40.3 Å². The van der Waals surface area contributed by atoms with Crippen molar-refractivity contribution >= 4 is 45.1 Å². The van der Waals surface area contributed by atoms with Gasteiger partial charge in [-0.05, 0) is 42.7 Å². The molecule has 1 aromatic carbocycles. The molecule has 2 aromatic heterocycles. The molecule has 29 heavy (non-hydrogen) atoms. The first-order valence-corrected chi connectivity index (χ1v) is 12.3. The second-order valence-corrected chi connectivity index (χ2v) is 10.2. The van der Waals surface area contributed by atoms with Crippen molar-refractivity contribution < 1.29 is 14.3 Å². The Labute approximate surface area is 187 Å². The third-order valence-electron chi connectivity index (χ3n) is 5.11. The van der Waals surface area contributed by atoms with Crippen molar-refractivity contribution in [2.45, 2.75) is 48.8 Å². The Bertz CT molecular complexity index is 900. The van der Waals surface area contributed by atoms with Crippen LogP contribution in [-0.2, 0) is 14.3 Å². The average Bonchev–Trinajstić information content (AvgIpc) is 3.43. The predicted molar refractivity (Wildman–Crippen MR) is 121 cm³/mol. The number of benzene rings is 1. The molecule has 4 nitrogen and oxygen atoms in total. The van der Waals surface area contributed by atoms with Gasteiger partial charge in [0.25, 0.3) is 6.47 Å². The lowest BCUT2D eigenvalue weighted by Gasteiger charge is -2.33. The van der Waals surface area contributed by atoms with Gasteiger partial charge in [0.05, 0.1) is 27.1 Å². The lowest BCUT2D eigenvalue weighted by molar-refractivity contribution is -0.149. The molecule has 152 valence electrons. The van der Waals surface area contributed by atoms with E-state index in [9.17, 15) is 4.79 Å². The molecule has 0 amide bonds. The molecule has 0 saturated heterocycles. The van der Waals surface area contributed by atoms with Gasteiger partial charge in [-0.15, -0.1) is 22.7 Å². The van der Waals surface area contributed by atoms with E-state index in [4.69, 9.17) is 9.47 Å². The number of alkyl halides is 1. The monoisotopic (exact) mass is 491 g/mol. The second kappa shape index (κ2) is 9.98. The van der Waals surface area contributed by atoms with Gasteiger partial charge in [0.15, 0.2) is 6.10 Å². The Morgan fingerprint density at radius 2 is 1.97 bits per heavy atom. The van der Waals surface area contributed by atoms with E-state index in [2.05, 4.69) is 27.0 Å². The molecule has 0 spiro atoms. The fourth-order valence-corrected chi connectivity index (χ4v) is 6.17. The summed E-state index contributed by atoms with van der Waals surface area (Å²) in [7, 11) is 0. The summed E-state index contributed by atoms with van der Waals surface area (Å²) in [4.78, 5) is 18.6. The number of rotatable bonds is 8. The van der Waals surface area contributed by atoms with Crippen molar-refractivity contribution in [1.29, 1.82) is 0 Å². The normalized spacial score (nSPS) is 21.4. The molecular formula is C22H22BrNO3S2. The SMILES string of the molecule is O=COC(c1ccccc1)C(OC1CCCC(Br)C1)c1scnc1-c1cccs1. The molecule has 4 unspecified atom stereocenters. The lowest BCUT2D eigenvalue weighted by atomic mass is 9.96. The largest absolute Gasteiger partial charge is 0.456 e. The van der Waals surface area contributed by atoms with E-state index < -0.39 is 12.2 Å². The molecule has 0 aliphatic heterocycles. The maximum absolute atomic E-state index is 11.4. The minimum absolute atomic E-state index is 0.109. The van der Waals surface area contributed by atoms with Crippen molar-refractivity contribution in [3.05, 3.63) is 63.8 Å². The van der Waals surface area contributed by atoms with Crippen molar-refractivity contribution in [3.63, 3.8) is 0 Å². The number of carbonyl (C=O) groups excluding carboxylic acids is 1. The van der Waals surface area contributed by atoms with Gasteiger partial charge in [0.2, 0.25) is 0 Å². The first-order chi connectivity index (χ1) is 14.3. The van der Waals surface area contributed by atoms with Gasteiger partial charge in [0, 0.05) is 4.83 Å². The quantitative estimate of drug-likeness (QED) is 0.264. The summed E-state index contributed by atoms with van der Waals surface area (Å²) in [5.74, 6) is 0. The van der Waals surface area contributed by atoms with E-state index in [1.165, 1.54) is 6.42 Å².